The fraction of sp³-hybridized carbons (Fsp3) is 0.294. The molecule has 1 aromatic carbocycles. The van der Waals surface area contributed by atoms with Crippen LogP contribution in [-0.4, -0.2) is 47.9 Å². The average molecular weight is 359 g/mol. The van der Waals surface area contributed by atoms with Crippen molar-refractivity contribution in [2.75, 3.05) is 31.6 Å². The van der Waals surface area contributed by atoms with E-state index in [1.54, 1.807) is 29.2 Å². The lowest BCUT2D eigenvalue weighted by Gasteiger charge is -2.26. The predicted octanol–water partition coefficient (Wildman–Crippen LogP) is 1.84. The number of carbonyl (C=O) groups is 2. The maximum absolute atomic E-state index is 12.2. The third-order valence-corrected chi connectivity index (χ3v) is 3.93. The molecule has 0 aliphatic carbocycles. The van der Waals surface area contributed by atoms with E-state index in [0.717, 1.165) is 11.6 Å². The minimum atomic E-state index is -0.711. The summed E-state index contributed by atoms with van der Waals surface area (Å²) >= 11 is 0. The van der Waals surface area contributed by atoms with Crippen LogP contribution >= 0.6 is 0 Å². The highest BCUT2D eigenvalue weighted by molar-refractivity contribution is 6.02. The summed E-state index contributed by atoms with van der Waals surface area (Å²) in [5.74, 6) is -1.20. The molecule has 0 atom stereocenters. The molecule has 9 heteroatoms. The maximum atomic E-state index is 12.2. The van der Waals surface area contributed by atoms with Gasteiger partial charge in [0, 0.05) is 18.8 Å². The third kappa shape index (κ3) is 4.25. The van der Waals surface area contributed by atoms with E-state index in [-0.39, 0.29) is 18.1 Å². The number of amides is 2. The van der Waals surface area contributed by atoms with Crippen LogP contribution in [0.1, 0.15) is 16.1 Å². The molecule has 0 spiro atoms. The Labute approximate surface area is 148 Å². The van der Waals surface area contributed by atoms with Crippen molar-refractivity contribution in [1.82, 2.24) is 4.90 Å². The number of hydrogen-bond donors (Lipinski definition) is 1. The molecule has 26 heavy (non-hydrogen) atoms. The molecule has 136 valence electrons. The second-order valence-electron chi connectivity index (χ2n) is 5.72. The molecular weight excluding hydrogens is 342 g/mol. The van der Waals surface area contributed by atoms with E-state index >= 15 is 0 Å². The quantitative estimate of drug-likeness (QED) is 0.643. The van der Waals surface area contributed by atoms with Crippen molar-refractivity contribution < 1.29 is 23.7 Å². The Bertz CT molecular complexity index is 808. The van der Waals surface area contributed by atoms with Crippen molar-refractivity contribution >= 4 is 23.4 Å². The van der Waals surface area contributed by atoms with Gasteiger partial charge in [0.05, 0.1) is 25.7 Å². The molecule has 2 heterocycles. The highest BCUT2D eigenvalue weighted by Gasteiger charge is 2.18. The number of rotatable bonds is 5. The maximum Gasteiger partial charge on any atom is 0.433 e. The first kappa shape index (κ1) is 17.6. The Hall–Kier alpha value is -3.20. The van der Waals surface area contributed by atoms with Gasteiger partial charge in [0.25, 0.3) is 5.91 Å². The molecule has 1 aromatic heterocycles. The van der Waals surface area contributed by atoms with E-state index in [4.69, 9.17) is 9.15 Å². The fourth-order valence-electron chi connectivity index (χ4n) is 2.55. The van der Waals surface area contributed by atoms with Crippen molar-refractivity contribution in [2.45, 2.75) is 6.42 Å². The van der Waals surface area contributed by atoms with Gasteiger partial charge in [0.1, 0.15) is 4.92 Å². The summed E-state index contributed by atoms with van der Waals surface area (Å²) in [6.45, 7) is 2.31. The van der Waals surface area contributed by atoms with E-state index < -0.39 is 16.7 Å². The minimum absolute atomic E-state index is 0.0352. The molecule has 1 aliphatic rings. The van der Waals surface area contributed by atoms with Crippen LogP contribution in [0.4, 0.5) is 11.6 Å². The van der Waals surface area contributed by atoms with Crippen molar-refractivity contribution in [2.24, 2.45) is 0 Å². The van der Waals surface area contributed by atoms with Crippen LogP contribution in [0.25, 0.3) is 0 Å². The van der Waals surface area contributed by atoms with E-state index in [1.165, 1.54) is 6.07 Å². The first-order valence-electron chi connectivity index (χ1n) is 8.03. The zero-order valence-electron chi connectivity index (χ0n) is 13.8. The summed E-state index contributed by atoms with van der Waals surface area (Å²) in [4.78, 5) is 35.9. The molecule has 3 rings (SSSR count). The van der Waals surface area contributed by atoms with Crippen molar-refractivity contribution in [1.29, 1.82) is 0 Å². The normalized spacial score (nSPS) is 14.1. The first-order valence-corrected chi connectivity index (χ1v) is 8.03. The molecule has 9 nitrogen and oxygen atoms in total. The average Bonchev–Trinajstić information content (AvgIpc) is 3.15. The van der Waals surface area contributed by atoms with E-state index in [9.17, 15) is 19.7 Å². The van der Waals surface area contributed by atoms with Crippen LogP contribution in [0, 0.1) is 10.1 Å². The zero-order valence-corrected chi connectivity index (χ0v) is 13.8. The van der Waals surface area contributed by atoms with Gasteiger partial charge in [-0.1, -0.05) is 12.1 Å². The molecule has 0 saturated carbocycles. The van der Waals surface area contributed by atoms with Crippen LogP contribution in [0.3, 0.4) is 0 Å². The van der Waals surface area contributed by atoms with Crippen molar-refractivity contribution in [3.05, 3.63) is 57.8 Å². The third-order valence-electron chi connectivity index (χ3n) is 3.93. The monoisotopic (exact) mass is 359 g/mol. The summed E-state index contributed by atoms with van der Waals surface area (Å²) in [5.41, 5.74) is 1.32. The van der Waals surface area contributed by atoms with Crippen molar-refractivity contribution in [3.63, 3.8) is 0 Å². The number of furan rings is 1. The standard InChI is InChI=1S/C17H17N3O6/c21-15(19-7-9-25-10-8-19)11-12-1-3-13(4-2-12)18-17(22)14-5-6-16(26-14)20(23)24/h1-6H,7-11H2,(H,18,22). The molecular formula is C17H17N3O6. The number of benzene rings is 1. The molecule has 2 amide bonds. The van der Waals surface area contributed by atoms with Crippen LogP contribution < -0.4 is 5.32 Å². The summed E-state index contributed by atoms with van der Waals surface area (Å²) in [7, 11) is 0. The van der Waals surface area contributed by atoms with Gasteiger partial charge in [0.2, 0.25) is 5.91 Å². The van der Waals surface area contributed by atoms with Gasteiger partial charge in [-0.05, 0) is 23.8 Å². The largest absolute Gasteiger partial charge is 0.433 e. The van der Waals surface area contributed by atoms with Gasteiger partial charge in [0.15, 0.2) is 5.76 Å². The summed E-state index contributed by atoms with van der Waals surface area (Å²) < 4.78 is 10.1. The smallest absolute Gasteiger partial charge is 0.395 e. The minimum Gasteiger partial charge on any atom is -0.395 e. The SMILES string of the molecule is O=C(Nc1ccc(CC(=O)N2CCOCC2)cc1)c1ccc([N+](=O)[O-])o1. The van der Waals surface area contributed by atoms with Crippen LogP contribution in [0.15, 0.2) is 40.8 Å². The van der Waals surface area contributed by atoms with Crippen LogP contribution in [0.5, 0.6) is 0 Å². The van der Waals surface area contributed by atoms with Crippen LogP contribution in [-0.2, 0) is 16.0 Å². The number of nitrogens with zero attached hydrogens (tertiary/aromatic N) is 2. The highest BCUT2D eigenvalue weighted by Crippen LogP contribution is 2.18. The number of ether oxygens (including phenoxy) is 1. The number of hydrogen-bond acceptors (Lipinski definition) is 6. The lowest BCUT2D eigenvalue weighted by molar-refractivity contribution is -0.402. The number of morpholine rings is 1. The topological polar surface area (TPSA) is 115 Å². The van der Waals surface area contributed by atoms with E-state index in [2.05, 4.69) is 5.32 Å². The van der Waals surface area contributed by atoms with Gasteiger partial charge in [-0.25, -0.2) is 0 Å². The molecule has 1 fully saturated rings. The lowest BCUT2D eigenvalue weighted by atomic mass is 10.1. The van der Waals surface area contributed by atoms with Gasteiger partial charge < -0.3 is 19.4 Å². The Morgan fingerprint density at radius 1 is 1.12 bits per heavy atom. The predicted molar refractivity (Wildman–Crippen MR) is 90.9 cm³/mol. The van der Waals surface area contributed by atoms with Gasteiger partial charge in [-0.3, -0.25) is 19.7 Å². The second-order valence-corrected chi connectivity index (χ2v) is 5.72. The molecule has 0 radical (unpaired) electrons. The Balaban J connectivity index is 1.57. The zero-order chi connectivity index (χ0) is 18.5. The van der Waals surface area contributed by atoms with Gasteiger partial charge in [-0.15, -0.1) is 0 Å². The first-order chi connectivity index (χ1) is 12.5. The molecule has 1 N–H and O–H groups in total. The van der Waals surface area contributed by atoms with Crippen molar-refractivity contribution in [3.8, 4) is 0 Å². The lowest BCUT2D eigenvalue weighted by Crippen LogP contribution is -2.41. The Kier molecular flexibility index (Phi) is 5.28. The molecule has 0 bridgehead atoms. The number of nitro groups is 1. The van der Waals surface area contributed by atoms with Gasteiger partial charge in [-0.2, -0.15) is 0 Å². The number of carbonyl (C=O) groups excluding carboxylic acids is 2. The number of nitrogens with one attached hydrogen (secondary N) is 1. The molecule has 1 saturated heterocycles. The molecule has 2 aromatic rings. The van der Waals surface area contributed by atoms with E-state index in [1.807, 2.05) is 0 Å². The highest BCUT2D eigenvalue weighted by atomic mass is 16.6. The molecule has 1 aliphatic heterocycles. The Morgan fingerprint density at radius 3 is 2.42 bits per heavy atom. The summed E-state index contributed by atoms with van der Waals surface area (Å²) in [6, 6.07) is 9.18. The van der Waals surface area contributed by atoms with E-state index in [0.29, 0.717) is 32.0 Å². The fourth-order valence-corrected chi connectivity index (χ4v) is 2.55. The summed E-state index contributed by atoms with van der Waals surface area (Å²) in [6.07, 6.45) is 0.276. The number of anilines is 1. The Morgan fingerprint density at radius 2 is 1.81 bits per heavy atom. The van der Waals surface area contributed by atoms with Gasteiger partial charge >= 0.3 is 5.88 Å². The summed E-state index contributed by atoms with van der Waals surface area (Å²) in [5, 5.41) is 13.2. The second kappa shape index (κ2) is 7.79. The molecule has 0 unspecified atom stereocenters. The van der Waals surface area contributed by atoms with Crippen LogP contribution in [0.2, 0.25) is 0 Å².